The lowest BCUT2D eigenvalue weighted by atomic mass is 10.0. The first-order valence-electron chi connectivity index (χ1n) is 9.34. The maximum Gasteiger partial charge on any atom is 0.243 e. The zero-order valence-corrected chi connectivity index (χ0v) is 18.0. The standard InChI is InChI=1S/C21H28N2O5S/c1-16(2)19-7-5-6-8-20(19)28-14-13-22-21(24)15-23(3)29(25,26)18-11-9-17(27-4)10-12-18/h5-12,16H,13-15H2,1-4H3,(H,22,24). The van der Waals surface area contributed by atoms with Crippen LogP contribution in [0.5, 0.6) is 11.5 Å². The van der Waals surface area contributed by atoms with Crippen molar-refractivity contribution in [2.24, 2.45) is 0 Å². The summed E-state index contributed by atoms with van der Waals surface area (Å²) in [4.78, 5) is 12.2. The molecule has 0 bridgehead atoms. The molecule has 2 aromatic carbocycles. The third-order valence-electron chi connectivity index (χ3n) is 4.36. The quantitative estimate of drug-likeness (QED) is 0.598. The number of para-hydroxylation sites is 1. The third-order valence-corrected chi connectivity index (χ3v) is 6.17. The van der Waals surface area contributed by atoms with Gasteiger partial charge in [0.15, 0.2) is 0 Å². The van der Waals surface area contributed by atoms with Gasteiger partial charge in [-0.1, -0.05) is 32.0 Å². The predicted molar refractivity (Wildman–Crippen MR) is 112 cm³/mol. The van der Waals surface area contributed by atoms with E-state index in [2.05, 4.69) is 19.2 Å². The van der Waals surface area contributed by atoms with Gasteiger partial charge in [0.05, 0.1) is 25.1 Å². The van der Waals surface area contributed by atoms with Crippen molar-refractivity contribution in [3.63, 3.8) is 0 Å². The molecule has 0 aromatic heterocycles. The third kappa shape index (κ3) is 6.20. The molecule has 0 saturated heterocycles. The first kappa shape index (κ1) is 22.7. The molecule has 0 atom stereocenters. The minimum Gasteiger partial charge on any atom is -0.497 e. The summed E-state index contributed by atoms with van der Waals surface area (Å²) in [6.07, 6.45) is 0. The zero-order chi connectivity index (χ0) is 21.4. The van der Waals surface area contributed by atoms with Crippen molar-refractivity contribution in [2.75, 3.05) is 33.9 Å². The summed E-state index contributed by atoms with van der Waals surface area (Å²) in [7, 11) is -0.887. The van der Waals surface area contributed by atoms with Gasteiger partial charge in [0.2, 0.25) is 15.9 Å². The lowest BCUT2D eigenvalue weighted by molar-refractivity contribution is -0.121. The Morgan fingerprint density at radius 3 is 2.38 bits per heavy atom. The number of carbonyl (C=O) groups is 1. The largest absolute Gasteiger partial charge is 0.497 e. The number of amides is 1. The fraction of sp³-hybridized carbons (Fsp3) is 0.381. The maximum atomic E-state index is 12.6. The van der Waals surface area contributed by atoms with Gasteiger partial charge >= 0.3 is 0 Å². The Bertz CT molecular complexity index is 911. The first-order chi connectivity index (χ1) is 13.8. The van der Waals surface area contributed by atoms with E-state index in [1.54, 1.807) is 12.1 Å². The van der Waals surface area contributed by atoms with Crippen molar-refractivity contribution in [3.8, 4) is 11.5 Å². The number of nitrogens with zero attached hydrogens (tertiary/aromatic N) is 1. The lowest BCUT2D eigenvalue weighted by Crippen LogP contribution is -2.39. The molecule has 0 radical (unpaired) electrons. The lowest BCUT2D eigenvalue weighted by Gasteiger charge is -2.17. The van der Waals surface area contributed by atoms with Crippen molar-refractivity contribution >= 4 is 15.9 Å². The number of methoxy groups -OCH3 is 1. The molecule has 1 N–H and O–H groups in total. The molecule has 158 valence electrons. The highest BCUT2D eigenvalue weighted by atomic mass is 32.2. The van der Waals surface area contributed by atoms with Crippen molar-refractivity contribution in [1.82, 2.24) is 9.62 Å². The summed E-state index contributed by atoms with van der Waals surface area (Å²) >= 11 is 0. The van der Waals surface area contributed by atoms with Gasteiger partial charge in [-0.2, -0.15) is 4.31 Å². The van der Waals surface area contributed by atoms with E-state index in [0.717, 1.165) is 15.6 Å². The van der Waals surface area contributed by atoms with Gasteiger partial charge in [0.25, 0.3) is 0 Å². The van der Waals surface area contributed by atoms with Crippen LogP contribution in [0.3, 0.4) is 0 Å². The second-order valence-corrected chi connectivity index (χ2v) is 8.87. The summed E-state index contributed by atoms with van der Waals surface area (Å²) in [5.74, 6) is 1.28. The van der Waals surface area contributed by atoms with E-state index >= 15 is 0 Å². The van der Waals surface area contributed by atoms with Gasteiger partial charge < -0.3 is 14.8 Å². The van der Waals surface area contributed by atoms with Gasteiger partial charge in [-0.25, -0.2) is 8.42 Å². The van der Waals surface area contributed by atoms with Crippen LogP contribution in [0.2, 0.25) is 0 Å². The normalized spacial score (nSPS) is 11.5. The molecule has 0 unspecified atom stereocenters. The molecule has 8 heteroatoms. The van der Waals surface area contributed by atoms with E-state index in [-0.39, 0.29) is 18.0 Å². The molecule has 2 rings (SSSR count). The summed E-state index contributed by atoms with van der Waals surface area (Å²) in [6.45, 7) is 4.47. The van der Waals surface area contributed by atoms with Gasteiger partial charge in [0.1, 0.15) is 18.1 Å². The number of nitrogens with one attached hydrogen (secondary N) is 1. The van der Waals surface area contributed by atoms with Gasteiger partial charge in [0, 0.05) is 7.05 Å². The van der Waals surface area contributed by atoms with Gasteiger partial charge in [-0.15, -0.1) is 0 Å². The molecule has 0 spiro atoms. The average molecular weight is 421 g/mol. The fourth-order valence-electron chi connectivity index (χ4n) is 2.71. The molecular formula is C21H28N2O5S. The number of sulfonamides is 1. The van der Waals surface area contributed by atoms with Crippen LogP contribution < -0.4 is 14.8 Å². The van der Waals surface area contributed by atoms with E-state index < -0.39 is 15.9 Å². The molecule has 0 fully saturated rings. The Morgan fingerprint density at radius 2 is 1.76 bits per heavy atom. The Labute approximate surface area is 172 Å². The maximum absolute atomic E-state index is 12.6. The van der Waals surface area contributed by atoms with E-state index in [1.807, 2.05) is 24.3 Å². The molecule has 7 nitrogen and oxygen atoms in total. The number of rotatable bonds is 10. The molecule has 1 amide bonds. The van der Waals surface area contributed by atoms with Crippen LogP contribution in [0.15, 0.2) is 53.4 Å². The fourth-order valence-corrected chi connectivity index (χ4v) is 3.84. The first-order valence-corrected chi connectivity index (χ1v) is 10.8. The highest BCUT2D eigenvalue weighted by Crippen LogP contribution is 2.25. The smallest absolute Gasteiger partial charge is 0.243 e. The molecule has 2 aromatic rings. The van der Waals surface area contributed by atoms with Crippen molar-refractivity contribution in [2.45, 2.75) is 24.7 Å². The van der Waals surface area contributed by atoms with Crippen molar-refractivity contribution in [1.29, 1.82) is 0 Å². The molecule has 0 heterocycles. The van der Waals surface area contributed by atoms with E-state index in [4.69, 9.17) is 9.47 Å². The molecule has 29 heavy (non-hydrogen) atoms. The van der Waals surface area contributed by atoms with Crippen LogP contribution in [0.25, 0.3) is 0 Å². The van der Waals surface area contributed by atoms with Crippen LogP contribution >= 0.6 is 0 Å². The van der Waals surface area contributed by atoms with E-state index in [0.29, 0.717) is 18.3 Å². The second kappa shape index (κ2) is 10.3. The number of likely N-dealkylation sites (N-methyl/N-ethyl adjacent to an activating group) is 1. The summed E-state index contributed by atoms with van der Waals surface area (Å²) < 4.78 is 36.9. The zero-order valence-electron chi connectivity index (χ0n) is 17.2. The Hall–Kier alpha value is -2.58. The predicted octanol–water partition coefficient (Wildman–Crippen LogP) is 2.63. The summed E-state index contributed by atoms with van der Waals surface area (Å²) in [5, 5.41) is 2.68. The Morgan fingerprint density at radius 1 is 1.10 bits per heavy atom. The van der Waals surface area contributed by atoms with Crippen LogP contribution in [0.1, 0.15) is 25.3 Å². The second-order valence-electron chi connectivity index (χ2n) is 6.83. The number of ether oxygens (including phenoxy) is 2. The highest BCUT2D eigenvalue weighted by Gasteiger charge is 2.22. The monoisotopic (exact) mass is 420 g/mol. The van der Waals surface area contributed by atoms with Crippen LogP contribution in [0, 0.1) is 0 Å². The highest BCUT2D eigenvalue weighted by molar-refractivity contribution is 7.89. The molecule has 0 aliphatic rings. The van der Waals surface area contributed by atoms with Crippen LogP contribution in [0.4, 0.5) is 0 Å². The van der Waals surface area contributed by atoms with Gasteiger partial charge in [-0.3, -0.25) is 4.79 Å². The van der Waals surface area contributed by atoms with E-state index in [1.165, 1.54) is 26.3 Å². The SMILES string of the molecule is COc1ccc(S(=O)(=O)N(C)CC(=O)NCCOc2ccccc2C(C)C)cc1. The molecule has 0 aliphatic carbocycles. The van der Waals surface area contributed by atoms with Crippen LogP contribution in [-0.4, -0.2) is 52.5 Å². The topological polar surface area (TPSA) is 84.9 Å². The van der Waals surface area contributed by atoms with Crippen LogP contribution in [-0.2, 0) is 14.8 Å². The Kier molecular flexibility index (Phi) is 8.04. The van der Waals surface area contributed by atoms with Crippen molar-refractivity contribution < 1.29 is 22.7 Å². The minimum absolute atomic E-state index is 0.0993. The average Bonchev–Trinajstić information content (AvgIpc) is 2.71. The Balaban J connectivity index is 1.84. The minimum atomic E-state index is -3.76. The van der Waals surface area contributed by atoms with Crippen molar-refractivity contribution in [3.05, 3.63) is 54.1 Å². The molecular weight excluding hydrogens is 392 g/mol. The van der Waals surface area contributed by atoms with E-state index in [9.17, 15) is 13.2 Å². The van der Waals surface area contributed by atoms with Gasteiger partial charge in [-0.05, 0) is 41.8 Å². The number of benzene rings is 2. The number of carbonyl (C=O) groups excluding carboxylic acids is 1. The summed E-state index contributed by atoms with van der Waals surface area (Å²) in [5.41, 5.74) is 1.10. The summed E-state index contributed by atoms with van der Waals surface area (Å²) in [6, 6.07) is 13.8. The number of hydrogen-bond donors (Lipinski definition) is 1. The molecule has 0 saturated carbocycles. The molecule has 0 aliphatic heterocycles. The number of hydrogen-bond acceptors (Lipinski definition) is 5.